The molecule has 1 saturated heterocycles. The van der Waals surface area contributed by atoms with Gasteiger partial charge in [0.15, 0.2) is 0 Å². The average molecular weight is 289 g/mol. The fourth-order valence-electron chi connectivity index (χ4n) is 3.63. The van der Waals surface area contributed by atoms with Gasteiger partial charge in [-0.3, -0.25) is 0 Å². The first-order valence-electron chi connectivity index (χ1n) is 8.36. The SMILES string of the molecule is C[C@@H]1CCCN(C[C@@H](O)COc2ccc3c(c2)CCC3)C1. The summed E-state index contributed by atoms with van der Waals surface area (Å²) >= 11 is 0. The van der Waals surface area contributed by atoms with Crippen LogP contribution in [0, 0.1) is 5.92 Å². The predicted molar refractivity (Wildman–Crippen MR) is 84.8 cm³/mol. The predicted octanol–water partition coefficient (Wildman–Crippen LogP) is 2.65. The highest BCUT2D eigenvalue weighted by molar-refractivity contribution is 5.38. The first-order chi connectivity index (χ1) is 10.2. The van der Waals surface area contributed by atoms with E-state index in [-0.39, 0.29) is 0 Å². The van der Waals surface area contributed by atoms with Crippen LogP contribution in [0.1, 0.15) is 37.3 Å². The van der Waals surface area contributed by atoms with Crippen molar-refractivity contribution in [2.24, 2.45) is 5.92 Å². The third-order valence-corrected chi connectivity index (χ3v) is 4.72. The Kier molecular flexibility index (Phi) is 4.81. The van der Waals surface area contributed by atoms with Crippen molar-refractivity contribution in [2.45, 2.75) is 45.1 Å². The summed E-state index contributed by atoms with van der Waals surface area (Å²) in [6.07, 6.45) is 5.79. The molecule has 0 bridgehead atoms. The van der Waals surface area contributed by atoms with Crippen LogP contribution in [0.4, 0.5) is 0 Å². The van der Waals surface area contributed by atoms with Gasteiger partial charge in [0.05, 0.1) is 0 Å². The third kappa shape index (κ3) is 3.98. The average Bonchev–Trinajstić information content (AvgIpc) is 2.92. The molecule has 0 amide bonds. The van der Waals surface area contributed by atoms with Gasteiger partial charge in [-0.25, -0.2) is 0 Å². The van der Waals surface area contributed by atoms with Crippen LogP contribution in [0.25, 0.3) is 0 Å². The number of aliphatic hydroxyl groups excluding tert-OH is 1. The lowest BCUT2D eigenvalue weighted by atomic mass is 10.0. The smallest absolute Gasteiger partial charge is 0.119 e. The van der Waals surface area contributed by atoms with Crippen molar-refractivity contribution < 1.29 is 9.84 Å². The minimum Gasteiger partial charge on any atom is -0.491 e. The highest BCUT2D eigenvalue weighted by atomic mass is 16.5. The number of ether oxygens (including phenoxy) is 1. The largest absolute Gasteiger partial charge is 0.491 e. The van der Waals surface area contributed by atoms with Crippen molar-refractivity contribution in [2.75, 3.05) is 26.2 Å². The van der Waals surface area contributed by atoms with Crippen LogP contribution < -0.4 is 4.74 Å². The molecule has 2 atom stereocenters. The van der Waals surface area contributed by atoms with Crippen molar-refractivity contribution in [3.8, 4) is 5.75 Å². The summed E-state index contributed by atoms with van der Waals surface area (Å²) in [6.45, 7) is 5.63. The molecule has 0 spiro atoms. The van der Waals surface area contributed by atoms with Gasteiger partial charge in [0.2, 0.25) is 0 Å². The standard InChI is InChI=1S/C18H27NO2/c1-14-4-3-9-19(11-14)12-17(20)13-21-18-8-7-15-5-2-6-16(15)10-18/h7-8,10,14,17,20H,2-6,9,11-13H2,1H3/t14-,17-/m1/s1. The van der Waals surface area contributed by atoms with Crippen molar-refractivity contribution in [3.63, 3.8) is 0 Å². The summed E-state index contributed by atoms with van der Waals surface area (Å²) in [6, 6.07) is 6.37. The molecule has 1 aliphatic heterocycles. The van der Waals surface area contributed by atoms with Gasteiger partial charge in [-0.05, 0) is 67.8 Å². The Morgan fingerprint density at radius 3 is 3.00 bits per heavy atom. The molecule has 1 N–H and O–H groups in total. The molecule has 0 aromatic heterocycles. The monoisotopic (exact) mass is 289 g/mol. The lowest BCUT2D eigenvalue weighted by Gasteiger charge is -2.32. The van der Waals surface area contributed by atoms with Crippen LogP contribution in [0.3, 0.4) is 0 Å². The number of likely N-dealkylation sites (tertiary alicyclic amines) is 1. The summed E-state index contributed by atoms with van der Waals surface area (Å²) in [5.41, 5.74) is 2.89. The van der Waals surface area contributed by atoms with Gasteiger partial charge in [0.25, 0.3) is 0 Å². The van der Waals surface area contributed by atoms with Crippen molar-refractivity contribution in [1.82, 2.24) is 4.90 Å². The molecule has 1 aromatic carbocycles. The van der Waals surface area contributed by atoms with Crippen LogP contribution in [-0.4, -0.2) is 42.4 Å². The summed E-state index contributed by atoms with van der Waals surface area (Å²) in [5.74, 6) is 1.66. The zero-order chi connectivity index (χ0) is 14.7. The minimum atomic E-state index is -0.399. The molecule has 0 radical (unpaired) electrons. The van der Waals surface area contributed by atoms with E-state index in [2.05, 4.69) is 24.0 Å². The quantitative estimate of drug-likeness (QED) is 0.904. The number of β-amino-alcohol motifs (C(OH)–C–C–N with tert-alkyl or cyclic N) is 1. The van der Waals surface area contributed by atoms with Crippen LogP contribution in [0.5, 0.6) is 5.75 Å². The number of hydrogen-bond acceptors (Lipinski definition) is 3. The zero-order valence-electron chi connectivity index (χ0n) is 13.1. The minimum absolute atomic E-state index is 0.393. The first-order valence-corrected chi connectivity index (χ1v) is 8.36. The van der Waals surface area contributed by atoms with Gasteiger partial charge in [-0.15, -0.1) is 0 Å². The second-order valence-electron chi connectivity index (χ2n) is 6.76. The normalized spacial score (nSPS) is 23.8. The van der Waals surface area contributed by atoms with E-state index in [9.17, 15) is 5.11 Å². The second kappa shape index (κ2) is 6.80. The van der Waals surface area contributed by atoms with Crippen LogP contribution >= 0.6 is 0 Å². The maximum atomic E-state index is 10.2. The fraction of sp³-hybridized carbons (Fsp3) is 0.667. The number of hydrogen-bond donors (Lipinski definition) is 1. The van der Waals surface area contributed by atoms with E-state index in [0.717, 1.165) is 31.3 Å². The molecule has 1 fully saturated rings. The molecule has 116 valence electrons. The highest BCUT2D eigenvalue weighted by Crippen LogP contribution is 2.26. The number of aliphatic hydroxyl groups is 1. The fourth-order valence-corrected chi connectivity index (χ4v) is 3.63. The van der Waals surface area contributed by atoms with E-state index in [1.807, 2.05) is 6.07 Å². The number of piperidine rings is 1. The molecule has 1 aromatic rings. The Hall–Kier alpha value is -1.06. The van der Waals surface area contributed by atoms with Crippen LogP contribution in [0.15, 0.2) is 18.2 Å². The maximum Gasteiger partial charge on any atom is 0.119 e. The zero-order valence-corrected chi connectivity index (χ0v) is 13.1. The Morgan fingerprint density at radius 2 is 2.14 bits per heavy atom. The molecule has 1 heterocycles. The Morgan fingerprint density at radius 1 is 1.29 bits per heavy atom. The molecule has 3 heteroatoms. The first kappa shape index (κ1) is 14.9. The molecular weight excluding hydrogens is 262 g/mol. The van der Waals surface area contributed by atoms with E-state index in [0.29, 0.717) is 6.61 Å². The topological polar surface area (TPSA) is 32.7 Å². The summed E-state index contributed by atoms with van der Waals surface area (Å²) in [5, 5.41) is 10.2. The van der Waals surface area contributed by atoms with E-state index in [4.69, 9.17) is 4.74 Å². The Labute approximate surface area is 127 Å². The molecule has 0 unspecified atom stereocenters. The third-order valence-electron chi connectivity index (χ3n) is 4.72. The number of nitrogens with zero attached hydrogens (tertiary/aromatic N) is 1. The Balaban J connectivity index is 1.46. The van der Waals surface area contributed by atoms with E-state index >= 15 is 0 Å². The number of benzene rings is 1. The maximum absolute atomic E-state index is 10.2. The van der Waals surface area contributed by atoms with E-state index < -0.39 is 6.10 Å². The summed E-state index contributed by atoms with van der Waals surface area (Å²) in [7, 11) is 0. The van der Waals surface area contributed by atoms with Gasteiger partial charge in [-0.1, -0.05) is 13.0 Å². The second-order valence-corrected chi connectivity index (χ2v) is 6.76. The lowest BCUT2D eigenvalue weighted by Crippen LogP contribution is -2.41. The van der Waals surface area contributed by atoms with Gasteiger partial charge >= 0.3 is 0 Å². The number of fused-ring (bicyclic) bond motifs is 1. The van der Waals surface area contributed by atoms with Crippen molar-refractivity contribution in [3.05, 3.63) is 29.3 Å². The molecule has 1 aliphatic carbocycles. The number of rotatable bonds is 5. The molecule has 3 nitrogen and oxygen atoms in total. The molecule has 21 heavy (non-hydrogen) atoms. The van der Waals surface area contributed by atoms with Gasteiger partial charge < -0.3 is 14.7 Å². The van der Waals surface area contributed by atoms with Crippen molar-refractivity contribution in [1.29, 1.82) is 0 Å². The van der Waals surface area contributed by atoms with Crippen LogP contribution in [0.2, 0.25) is 0 Å². The van der Waals surface area contributed by atoms with Gasteiger partial charge in [0, 0.05) is 13.1 Å². The lowest BCUT2D eigenvalue weighted by molar-refractivity contribution is 0.0537. The summed E-state index contributed by atoms with van der Waals surface area (Å²) in [4.78, 5) is 2.37. The molecule has 2 aliphatic rings. The van der Waals surface area contributed by atoms with Gasteiger partial charge in [-0.2, -0.15) is 0 Å². The van der Waals surface area contributed by atoms with Crippen molar-refractivity contribution >= 4 is 0 Å². The Bertz CT molecular complexity index is 474. The van der Waals surface area contributed by atoms with Gasteiger partial charge in [0.1, 0.15) is 18.5 Å². The molecular formula is C18H27NO2. The molecule has 0 saturated carbocycles. The summed E-state index contributed by atoms with van der Waals surface area (Å²) < 4.78 is 5.78. The molecule has 3 rings (SSSR count). The van der Waals surface area contributed by atoms with E-state index in [1.54, 1.807) is 0 Å². The van der Waals surface area contributed by atoms with Crippen LogP contribution in [-0.2, 0) is 12.8 Å². The number of aryl methyl sites for hydroxylation is 2. The highest BCUT2D eigenvalue weighted by Gasteiger charge is 2.19. The van der Waals surface area contributed by atoms with E-state index in [1.165, 1.54) is 43.2 Å².